The summed E-state index contributed by atoms with van der Waals surface area (Å²) in [6, 6.07) is 7.20. The molecule has 0 heterocycles. The molecule has 19 heavy (non-hydrogen) atoms. The third kappa shape index (κ3) is 4.51. The Hall–Kier alpha value is -1.07. The highest BCUT2D eigenvalue weighted by Gasteiger charge is 2.17. The summed E-state index contributed by atoms with van der Waals surface area (Å²) in [6.45, 7) is 3.23. The molecule has 0 spiro atoms. The van der Waals surface area contributed by atoms with Crippen LogP contribution < -0.4 is 10.6 Å². The summed E-state index contributed by atoms with van der Waals surface area (Å²) >= 11 is 0. The first kappa shape index (κ1) is 16.0. The van der Waals surface area contributed by atoms with Gasteiger partial charge in [0.1, 0.15) is 0 Å². The molecule has 0 bridgehead atoms. The maximum Gasteiger partial charge on any atom is 0.180 e. The molecule has 0 saturated carbocycles. The average Bonchev–Trinajstić information content (AvgIpc) is 2.43. The number of rotatable bonds is 8. The Kier molecular flexibility index (Phi) is 6.31. The smallest absolute Gasteiger partial charge is 0.180 e. The molecule has 0 fully saturated rings. The molecule has 4 nitrogen and oxygen atoms in total. The number of sulfone groups is 1. The van der Waals surface area contributed by atoms with Gasteiger partial charge in [-0.25, -0.2) is 8.42 Å². The van der Waals surface area contributed by atoms with Crippen molar-refractivity contribution in [3.8, 4) is 0 Å². The number of nitrogens with zero attached hydrogens (tertiary/aromatic N) is 1. The lowest BCUT2D eigenvalue weighted by atomic mass is 10.2. The van der Waals surface area contributed by atoms with E-state index in [4.69, 9.17) is 5.73 Å². The van der Waals surface area contributed by atoms with Crippen molar-refractivity contribution >= 4 is 15.5 Å². The van der Waals surface area contributed by atoms with Gasteiger partial charge in [0.15, 0.2) is 9.84 Å². The van der Waals surface area contributed by atoms with Crippen molar-refractivity contribution in [1.29, 1.82) is 0 Å². The number of benzene rings is 1. The normalized spacial score (nSPS) is 11.5. The minimum absolute atomic E-state index is 0.130. The Labute approximate surface area is 116 Å². The molecular weight excluding hydrogens is 260 g/mol. The van der Waals surface area contributed by atoms with E-state index in [1.54, 1.807) is 19.1 Å². The standard InChI is InChI=1S/C14H24N2O2S/c1-3-19(17,18)14-10-6-5-9-13(14)16(2)12-8-4-7-11-15/h5-6,9-10H,3-4,7-8,11-12,15H2,1-2H3. The fourth-order valence-electron chi connectivity index (χ4n) is 1.98. The van der Waals surface area contributed by atoms with E-state index in [1.165, 1.54) is 0 Å². The van der Waals surface area contributed by atoms with Gasteiger partial charge in [0.25, 0.3) is 0 Å². The lowest BCUT2D eigenvalue weighted by molar-refractivity contribution is 0.596. The fourth-order valence-corrected chi connectivity index (χ4v) is 3.12. The second-order valence-corrected chi connectivity index (χ2v) is 6.89. The molecule has 108 valence electrons. The summed E-state index contributed by atoms with van der Waals surface area (Å²) in [6.07, 6.45) is 3.11. The number of unbranched alkanes of at least 4 members (excludes halogenated alkanes) is 2. The Morgan fingerprint density at radius 1 is 1.16 bits per heavy atom. The van der Waals surface area contributed by atoms with Crippen LogP contribution >= 0.6 is 0 Å². The first-order chi connectivity index (χ1) is 9.03. The van der Waals surface area contributed by atoms with E-state index < -0.39 is 9.84 Å². The van der Waals surface area contributed by atoms with Gasteiger partial charge in [-0.3, -0.25) is 0 Å². The van der Waals surface area contributed by atoms with Crippen LogP contribution in [-0.2, 0) is 9.84 Å². The van der Waals surface area contributed by atoms with Gasteiger partial charge in [-0.2, -0.15) is 0 Å². The van der Waals surface area contributed by atoms with E-state index in [-0.39, 0.29) is 5.75 Å². The van der Waals surface area contributed by atoms with Crippen molar-refractivity contribution in [3.05, 3.63) is 24.3 Å². The summed E-state index contributed by atoms with van der Waals surface area (Å²) in [5, 5.41) is 0. The van der Waals surface area contributed by atoms with Gasteiger partial charge >= 0.3 is 0 Å². The van der Waals surface area contributed by atoms with Crippen molar-refractivity contribution in [2.45, 2.75) is 31.1 Å². The molecule has 1 aromatic rings. The van der Waals surface area contributed by atoms with Crippen LogP contribution in [-0.4, -0.2) is 34.3 Å². The van der Waals surface area contributed by atoms with Crippen molar-refractivity contribution < 1.29 is 8.42 Å². The SMILES string of the molecule is CCS(=O)(=O)c1ccccc1N(C)CCCCCN. The van der Waals surface area contributed by atoms with Crippen molar-refractivity contribution in [2.75, 3.05) is 30.8 Å². The molecule has 5 heteroatoms. The summed E-state index contributed by atoms with van der Waals surface area (Å²) in [5.41, 5.74) is 6.25. The van der Waals surface area contributed by atoms with Crippen LogP contribution in [0.3, 0.4) is 0 Å². The molecule has 0 aromatic heterocycles. The maximum atomic E-state index is 12.1. The zero-order valence-electron chi connectivity index (χ0n) is 11.8. The summed E-state index contributed by atoms with van der Waals surface area (Å²) in [7, 11) is -1.23. The first-order valence-electron chi connectivity index (χ1n) is 6.76. The Morgan fingerprint density at radius 3 is 2.47 bits per heavy atom. The highest BCUT2D eigenvalue weighted by molar-refractivity contribution is 7.91. The van der Waals surface area contributed by atoms with Crippen LogP contribution in [0.25, 0.3) is 0 Å². The van der Waals surface area contributed by atoms with E-state index in [2.05, 4.69) is 0 Å². The van der Waals surface area contributed by atoms with Gasteiger partial charge < -0.3 is 10.6 Å². The number of nitrogens with two attached hydrogens (primary N) is 1. The van der Waals surface area contributed by atoms with Crippen molar-refractivity contribution in [2.24, 2.45) is 5.73 Å². The van der Waals surface area contributed by atoms with Gasteiger partial charge in [-0.15, -0.1) is 0 Å². The van der Waals surface area contributed by atoms with Gasteiger partial charge in [0, 0.05) is 13.6 Å². The van der Waals surface area contributed by atoms with E-state index >= 15 is 0 Å². The molecule has 0 aliphatic rings. The Bertz CT molecular complexity index is 486. The number of para-hydroxylation sites is 1. The van der Waals surface area contributed by atoms with Crippen molar-refractivity contribution in [1.82, 2.24) is 0 Å². The topological polar surface area (TPSA) is 63.4 Å². The number of hydrogen-bond acceptors (Lipinski definition) is 4. The maximum absolute atomic E-state index is 12.1. The third-order valence-electron chi connectivity index (χ3n) is 3.19. The summed E-state index contributed by atoms with van der Waals surface area (Å²) in [5.74, 6) is 0.130. The summed E-state index contributed by atoms with van der Waals surface area (Å²) < 4.78 is 24.1. The van der Waals surface area contributed by atoms with Gasteiger partial charge in [0.05, 0.1) is 16.3 Å². The van der Waals surface area contributed by atoms with Crippen LogP contribution in [0, 0.1) is 0 Å². The number of anilines is 1. The van der Waals surface area contributed by atoms with Crippen LogP contribution in [0.4, 0.5) is 5.69 Å². The van der Waals surface area contributed by atoms with Crippen LogP contribution in [0.1, 0.15) is 26.2 Å². The van der Waals surface area contributed by atoms with Crippen LogP contribution in [0.2, 0.25) is 0 Å². The highest BCUT2D eigenvalue weighted by atomic mass is 32.2. The molecule has 1 aromatic carbocycles. The zero-order valence-corrected chi connectivity index (χ0v) is 12.6. The summed E-state index contributed by atoms with van der Waals surface area (Å²) in [4.78, 5) is 2.44. The lowest BCUT2D eigenvalue weighted by Gasteiger charge is -2.22. The van der Waals surface area contributed by atoms with Gasteiger partial charge in [-0.05, 0) is 31.5 Å². The van der Waals surface area contributed by atoms with E-state index in [9.17, 15) is 8.42 Å². The minimum Gasteiger partial charge on any atom is -0.374 e. The molecule has 0 radical (unpaired) electrons. The van der Waals surface area contributed by atoms with E-state index in [0.717, 1.165) is 31.5 Å². The molecule has 0 atom stereocenters. The van der Waals surface area contributed by atoms with Crippen LogP contribution in [0.15, 0.2) is 29.2 Å². The quantitative estimate of drug-likeness (QED) is 0.742. The zero-order chi connectivity index (χ0) is 14.3. The predicted molar refractivity (Wildman–Crippen MR) is 80.3 cm³/mol. The molecule has 0 amide bonds. The predicted octanol–water partition coefficient (Wildman–Crippen LogP) is 2.05. The lowest BCUT2D eigenvalue weighted by Crippen LogP contribution is -2.21. The Balaban J connectivity index is 2.83. The highest BCUT2D eigenvalue weighted by Crippen LogP contribution is 2.25. The molecule has 0 unspecified atom stereocenters. The van der Waals surface area contributed by atoms with Crippen LogP contribution in [0.5, 0.6) is 0 Å². The monoisotopic (exact) mass is 284 g/mol. The second-order valence-electron chi connectivity index (χ2n) is 4.64. The Morgan fingerprint density at radius 2 is 1.84 bits per heavy atom. The molecule has 0 aliphatic carbocycles. The minimum atomic E-state index is -3.17. The average molecular weight is 284 g/mol. The molecule has 0 aliphatic heterocycles. The van der Waals surface area contributed by atoms with Gasteiger partial charge in [0.2, 0.25) is 0 Å². The van der Waals surface area contributed by atoms with Crippen molar-refractivity contribution in [3.63, 3.8) is 0 Å². The second kappa shape index (κ2) is 7.50. The molecule has 2 N–H and O–H groups in total. The fraction of sp³-hybridized carbons (Fsp3) is 0.571. The third-order valence-corrected chi connectivity index (χ3v) is 4.96. The van der Waals surface area contributed by atoms with E-state index in [1.807, 2.05) is 24.1 Å². The first-order valence-corrected chi connectivity index (χ1v) is 8.41. The molecular formula is C14H24N2O2S. The van der Waals surface area contributed by atoms with E-state index in [0.29, 0.717) is 11.4 Å². The van der Waals surface area contributed by atoms with Gasteiger partial charge in [-0.1, -0.05) is 25.5 Å². The molecule has 0 saturated heterocycles. The molecule has 1 rings (SSSR count). The largest absolute Gasteiger partial charge is 0.374 e. The number of hydrogen-bond donors (Lipinski definition) is 1.